The summed E-state index contributed by atoms with van der Waals surface area (Å²) in [7, 11) is 0. The van der Waals surface area contributed by atoms with Crippen LogP contribution in [0.5, 0.6) is 0 Å². The Morgan fingerprint density at radius 2 is 0.889 bits per heavy atom. The lowest BCUT2D eigenvalue weighted by Crippen LogP contribution is -1.90. The first-order chi connectivity index (χ1) is 32.3. The third-order valence-electron chi connectivity index (χ3n) is 7.41. The fourth-order valence-electron chi connectivity index (χ4n) is 5.51. The van der Waals surface area contributed by atoms with Gasteiger partial charge in [0.1, 0.15) is 11.2 Å². The van der Waals surface area contributed by atoms with Crippen LogP contribution in [-0.2, 0) is 0 Å². The summed E-state index contributed by atoms with van der Waals surface area (Å²) in [6.07, 6.45) is 0. The van der Waals surface area contributed by atoms with Crippen LogP contribution in [-0.4, -0.2) is 0 Å². The van der Waals surface area contributed by atoms with E-state index in [0.717, 1.165) is 0 Å². The molecule has 0 spiro atoms. The Kier molecular flexibility index (Phi) is 2.58. The molecule has 0 N–H and O–H groups in total. The van der Waals surface area contributed by atoms with Crippen molar-refractivity contribution in [1.29, 1.82) is 0 Å². The quantitative estimate of drug-likeness (QED) is 0.184. The normalized spacial score (nSPS) is 19.0. The van der Waals surface area contributed by atoms with E-state index in [2.05, 4.69) is 0 Å². The standard InChI is InChI=1S/C44H28O/c1-3-12-29(13-4-1)33-26-27-39-41(28-33)45-40-21-11-20-34(44(39)40)30-22-24-32(25-23-30)43-37-18-9-7-16-35(37)42(31-14-5-2-6-15-31)36-17-8-10-19-38(36)43/h1-28H/i1D,2D,3D,4D,5D,6D,7D,8D,9D,10D,11D,12D,13D,14D,15D,16D,17D,18D,19D,20D,21D,26D,27D,28D. The highest BCUT2D eigenvalue weighted by molar-refractivity contribution is 6.21. The van der Waals surface area contributed by atoms with Gasteiger partial charge in [0.15, 0.2) is 0 Å². The number of hydrogen-bond donors (Lipinski definition) is 0. The third-order valence-corrected chi connectivity index (χ3v) is 7.41. The molecule has 0 unspecified atom stereocenters. The van der Waals surface area contributed by atoms with Crippen molar-refractivity contribution < 1.29 is 37.3 Å². The Hall–Kier alpha value is -5.92. The number of benzene rings is 8. The van der Waals surface area contributed by atoms with E-state index < -0.39 is 189 Å². The first-order valence-electron chi connectivity index (χ1n) is 25.5. The zero-order chi connectivity index (χ0) is 50.6. The Morgan fingerprint density at radius 1 is 0.356 bits per heavy atom. The lowest BCUT2D eigenvalue weighted by molar-refractivity contribution is 0.669. The van der Waals surface area contributed by atoms with E-state index in [-0.39, 0.29) is 43.8 Å². The largest absolute Gasteiger partial charge is 0.456 e. The van der Waals surface area contributed by atoms with Gasteiger partial charge in [0, 0.05) is 10.8 Å². The molecular formula is C44H28O. The van der Waals surface area contributed by atoms with E-state index in [1.165, 1.54) is 24.3 Å². The molecule has 1 aromatic heterocycles. The number of hydrogen-bond acceptors (Lipinski definition) is 1. The summed E-state index contributed by atoms with van der Waals surface area (Å²) < 4.78 is 216. The minimum Gasteiger partial charge on any atom is -0.456 e. The van der Waals surface area contributed by atoms with Crippen LogP contribution in [0.25, 0.3) is 88.0 Å². The second-order valence-corrected chi connectivity index (χ2v) is 9.84. The van der Waals surface area contributed by atoms with Crippen molar-refractivity contribution in [2.45, 2.75) is 0 Å². The molecule has 0 aliphatic rings. The molecule has 0 saturated carbocycles. The van der Waals surface area contributed by atoms with Crippen molar-refractivity contribution in [3.63, 3.8) is 0 Å². The van der Waals surface area contributed by atoms with Gasteiger partial charge in [-0.2, -0.15) is 0 Å². The minimum atomic E-state index is -0.818. The van der Waals surface area contributed by atoms with Gasteiger partial charge >= 0.3 is 0 Å². The van der Waals surface area contributed by atoms with Gasteiger partial charge in [0.05, 0.1) is 32.9 Å². The highest BCUT2D eigenvalue weighted by atomic mass is 16.3. The molecule has 210 valence electrons. The Balaban J connectivity index is 1.40. The van der Waals surface area contributed by atoms with Crippen LogP contribution in [0.2, 0.25) is 0 Å². The van der Waals surface area contributed by atoms with Crippen LogP contribution in [0.15, 0.2) is 174 Å². The van der Waals surface area contributed by atoms with Crippen LogP contribution >= 0.6 is 0 Å². The summed E-state index contributed by atoms with van der Waals surface area (Å²) in [6, 6.07) is -12.4. The third kappa shape index (κ3) is 4.17. The Morgan fingerprint density at radius 3 is 1.51 bits per heavy atom. The molecule has 0 bridgehead atoms. The molecule has 45 heavy (non-hydrogen) atoms. The summed E-state index contributed by atoms with van der Waals surface area (Å²) in [5.41, 5.74) is -3.17. The summed E-state index contributed by atoms with van der Waals surface area (Å²) in [5.74, 6) is 0. The smallest absolute Gasteiger partial charge is 0.136 e. The topological polar surface area (TPSA) is 13.1 Å². The summed E-state index contributed by atoms with van der Waals surface area (Å²) in [6.45, 7) is 0. The molecule has 0 fully saturated rings. The molecule has 9 rings (SSSR count). The van der Waals surface area contributed by atoms with Gasteiger partial charge in [-0.3, -0.25) is 0 Å². The molecule has 1 heteroatoms. The number of rotatable bonds is 4. The van der Waals surface area contributed by atoms with Crippen molar-refractivity contribution in [2.75, 3.05) is 0 Å². The van der Waals surface area contributed by atoms with Gasteiger partial charge in [0.25, 0.3) is 0 Å². The summed E-state index contributed by atoms with van der Waals surface area (Å²) in [5, 5.41) is -1.97. The lowest BCUT2D eigenvalue weighted by Gasteiger charge is -2.18. The van der Waals surface area contributed by atoms with Gasteiger partial charge in [-0.1, -0.05) is 151 Å². The maximum atomic E-state index is 9.22. The minimum absolute atomic E-state index is 0.0470. The second kappa shape index (κ2) is 10.4. The summed E-state index contributed by atoms with van der Waals surface area (Å²) in [4.78, 5) is 0. The van der Waals surface area contributed by atoms with Crippen LogP contribution < -0.4 is 0 Å². The van der Waals surface area contributed by atoms with E-state index >= 15 is 0 Å². The number of fused-ring (bicyclic) bond motifs is 5. The first-order valence-corrected chi connectivity index (χ1v) is 13.5. The van der Waals surface area contributed by atoms with E-state index in [1.807, 2.05) is 0 Å². The monoisotopic (exact) mass is 596 g/mol. The van der Waals surface area contributed by atoms with Crippen LogP contribution in [0, 0.1) is 0 Å². The first kappa shape index (κ1) is 11.2. The predicted molar refractivity (Wildman–Crippen MR) is 190 cm³/mol. The molecule has 0 radical (unpaired) electrons. The van der Waals surface area contributed by atoms with E-state index in [1.54, 1.807) is 0 Å². The molecule has 0 atom stereocenters. The molecule has 9 aromatic rings. The van der Waals surface area contributed by atoms with Crippen molar-refractivity contribution in [3.05, 3.63) is 169 Å². The molecule has 0 aliphatic carbocycles. The maximum Gasteiger partial charge on any atom is 0.136 e. The molecule has 0 saturated heterocycles. The Labute approximate surface area is 295 Å². The number of furan rings is 1. The predicted octanol–water partition coefficient (Wildman–Crippen LogP) is 12.6. The molecule has 8 aromatic carbocycles. The van der Waals surface area contributed by atoms with Gasteiger partial charge < -0.3 is 4.42 Å². The maximum absolute atomic E-state index is 9.22. The van der Waals surface area contributed by atoms with Crippen molar-refractivity contribution in [2.24, 2.45) is 0 Å². The fraction of sp³-hybridized carbons (Fsp3) is 0. The summed E-state index contributed by atoms with van der Waals surface area (Å²) >= 11 is 0. The van der Waals surface area contributed by atoms with Crippen molar-refractivity contribution in [1.82, 2.24) is 0 Å². The van der Waals surface area contributed by atoms with Gasteiger partial charge in [0.2, 0.25) is 0 Å². The Bertz CT molecular complexity index is 3740. The molecule has 1 heterocycles. The molecule has 1 nitrogen and oxygen atoms in total. The highest BCUT2D eigenvalue weighted by Crippen LogP contribution is 2.44. The van der Waals surface area contributed by atoms with E-state index in [9.17, 15) is 2.74 Å². The van der Waals surface area contributed by atoms with E-state index in [0.29, 0.717) is 0 Å². The molecular weight excluding hydrogens is 544 g/mol. The fourth-order valence-corrected chi connectivity index (χ4v) is 5.51. The average molecular weight is 597 g/mol. The van der Waals surface area contributed by atoms with Gasteiger partial charge in [-0.25, -0.2) is 0 Å². The van der Waals surface area contributed by atoms with Crippen LogP contribution in [0.3, 0.4) is 0 Å². The molecule has 0 amide bonds. The van der Waals surface area contributed by atoms with Crippen molar-refractivity contribution >= 4 is 43.5 Å². The average Bonchev–Trinajstić information content (AvgIpc) is 3.73. The highest BCUT2D eigenvalue weighted by Gasteiger charge is 2.17. The van der Waals surface area contributed by atoms with Crippen LogP contribution in [0.1, 0.15) is 32.9 Å². The lowest BCUT2D eigenvalue weighted by atomic mass is 9.85. The second-order valence-electron chi connectivity index (χ2n) is 9.84. The van der Waals surface area contributed by atoms with Crippen LogP contribution in [0.4, 0.5) is 0 Å². The van der Waals surface area contributed by atoms with Crippen molar-refractivity contribution in [3.8, 4) is 44.5 Å². The van der Waals surface area contributed by atoms with E-state index in [4.69, 9.17) is 34.6 Å². The molecule has 0 aliphatic heterocycles. The SMILES string of the molecule is [2H]c1c([2H])c([2H])c(-c2c([2H])c([2H])c3c(oc4c([2H])c([2H])c([2H])c(-c5ccc(-c6c7c([2H])c([2H])c([2H])c([2H])c7c(-c7c([2H])c([2H])c([2H])c([2H])c7[2H])c7c([2H])c([2H])c([2H])c([2H])c67)cc5)c43)c2[2H])c([2H])c1[2H]. The van der Waals surface area contributed by atoms with Gasteiger partial charge in [-0.05, 0) is 84.2 Å². The zero-order valence-electron chi connectivity index (χ0n) is 46.7. The van der Waals surface area contributed by atoms with Gasteiger partial charge in [-0.15, -0.1) is 0 Å². The zero-order valence-corrected chi connectivity index (χ0v) is 22.7.